The van der Waals surface area contributed by atoms with E-state index < -0.39 is 74.2 Å². The Labute approximate surface area is 435 Å². The van der Waals surface area contributed by atoms with Crippen molar-refractivity contribution in [2.45, 2.75) is 326 Å². The SMILES string of the molecule is CCCCCCCCCCCC/C=C/CC/C=C/CCCC(O)C(O)C(COC1OC(CO)C(O)C(O)C1O)NC(=O)C(O)CCCCCCCCCCC/C=C\CCCCCCCCCCCCCC. The molecule has 0 aromatic carbocycles. The second kappa shape index (κ2) is 49.2. The zero-order valence-electron chi connectivity index (χ0n) is 45.7. The number of carbonyl (C=O) groups is 1. The number of ether oxygens (including phenoxy) is 2. The minimum atomic E-state index is -1.67. The molecule has 0 aromatic heterocycles. The quantitative estimate of drug-likeness (QED) is 0.0215. The highest BCUT2D eigenvalue weighted by atomic mass is 16.7. The number of carbonyl (C=O) groups excluding carboxylic acids is 1. The van der Waals surface area contributed by atoms with Crippen LogP contribution in [0.1, 0.15) is 271 Å². The van der Waals surface area contributed by atoms with Crippen molar-refractivity contribution in [3.05, 3.63) is 36.5 Å². The van der Waals surface area contributed by atoms with Gasteiger partial charge in [-0.25, -0.2) is 0 Å². The van der Waals surface area contributed by atoms with Gasteiger partial charge in [0.05, 0.1) is 25.4 Å². The van der Waals surface area contributed by atoms with Gasteiger partial charge in [-0.05, 0) is 77.0 Å². The predicted molar refractivity (Wildman–Crippen MR) is 293 cm³/mol. The van der Waals surface area contributed by atoms with Crippen LogP contribution in [0.15, 0.2) is 36.5 Å². The Morgan fingerprint density at radius 3 is 1.25 bits per heavy atom. The maximum absolute atomic E-state index is 13.2. The molecule has 0 saturated carbocycles. The molecular formula is C60H113NO10. The minimum absolute atomic E-state index is 0.246. The van der Waals surface area contributed by atoms with E-state index in [9.17, 15) is 40.5 Å². The van der Waals surface area contributed by atoms with Crippen molar-refractivity contribution in [2.24, 2.45) is 0 Å². The van der Waals surface area contributed by atoms with Gasteiger partial charge >= 0.3 is 0 Å². The molecule has 11 heteroatoms. The van der Waals surface area contributed by atoms with Crippen molar-refractivity contribution in [1.82, 2.24) is 5.32 Å². The van der Waals surface area contributed by atoms with Crippen LogP contribution in [0.25, 0.3) is 0 Å². The van der Waals surface area contributed by atoms with Crippen molar-refractivity contribution in [3.8, 4) is 0 Å². The van der Waals surface area contributed by atoms with Gasteiger partial charge in [-0.1, -0.05) is 230 Å². The molecule has 418 valence electrons. The number of aliphatic hydroxyl groups is 7. The summed E-state index contributed by atoms with van der Waals surface area (Å²) in [4.78, 5) is 13.2. The van der Waals surface area contributed by atoms with Gasteiger partial charge in [0.2, 0.25) is 5.91 Å². The van der Waals surface area contributed by atoms with Crippen molar-refractivity contribution < 1.29 is 50.0 Å². The molecule has 1 heterocycles. The van der Waals surface area contributed by atoms with E-state index in [1.165, 1.54) is 186 Å². The number of allylic oxidation sites excluding steroid dienone is 6. The van der Waals surface area contributed by atoms with Crippen LogP contribution < -0.4 is 5.32 Å². The van der Waals surface area contributed by atoms with Crippen LogP contribution in [0.5, 0.6) is 0 Å². The maximum Gasteiger partial charge on any atom is 0.249 e. The van der Waals surface area contributed by atoms with Crippen LogP contribution in [0, 0.1) is 0 Å². The van der Waals surface area contributed by atoms with Gasteiger partial charge in [0.25, 0.3) is 0 Å². The van der Waals surface area contributed by atoms with E-state index in [1.807, 2.05) is 0 Å². The van der Waals surface area contributed by atoms with E-state index in [0.717, 1.165) is 38.5 Å². The predicted octanol–water partition coefficient (Wildman–Crippen LogP) is 12.7. The number of hydrogen-bond donors (Lipinski definition) is 8. The summed E-state index contributed by atoms with van der Waals surface area (Å²) in [7, 11) is 0. The number of nitrogens with one attached hydrogen (secondary N) is 1. The molecule has 9 atom stereocenters. The highest BCUT2D eigenvalue weighted by Gasteiger charge is 2.44. The molecule has 1 saturated heterocycles. The lowest BCUT2D eigenvalue weighted by atomic mass is 9.98. The van der Waals surface area contributed by atoms with Gasteiger partial charge in [0, 0.05) is 0 Å². The summed E-state index contributed by atoms with van der Waals surface area (Å²) in [6.45, 7) is 3.46. The smallest absolute Gasteiger partial charge is 0.249 e. The second-order valence-electron chi connectivity index (χ2n) is 21.0. The van der Waals surface area contributed by atoms with Crippen LogP contribution in [-0.2, 0) is 14.3 Å². The highest BCUT2D eigenvalue weighted by Crippen LogP contribution is 2.23. The number of aliphatic hydroxyl groups excluding tert-OH is 7. The Morgan fingerprint density at radius 1 is 0.479 bits per heavy atom. The molecule has 1 rings (SSSR count). The zero-order valence-corrected chi connectivity index (χ0v) is 45.7. The summed E-state index contributed by atoms with van der Waals surface area (Å²) < 4.78 is 11.1. The molecular weight excluding hydrogens is 895 g/mol. The summed E-state index contributed by atoms with van der Waals surface area (Å²) in [5.41, 5.74) is 0. The highest BCUT2D eigenvalue weighted by molar-refractivity contribution is 5.80. The lowest BCUT2D eigenvalue weighted by Crippen LogP contribution is -2.60. The molecule has 8 N–H and O–H groups in total. The number of amides is 1. The van der Waals surface area contributed by atoms with Gasteiger partial charge in [0.1, 0.15) is 36.6 Å². The zero-order chi connectivity index (χ0) is 51.8. The lowest BCUT2D eigenvalue weighted by molar-refractivity contribution is -0.303. The molecule has 1 aliphatic heterocycles. The second-order valence-corrected chi connectivity index (χ2v) is 21.0. The third-order valence-electron chi connectivity index (χ3n) is 14.4. The summed E-state index contributed by atoms with van der Waals surface area (Å²) in [6.07, 6.45) is 49.2. The summed E-state index contributed by atoms with van der Waals surface area (Å²) in [5.74, 6) is -0.710. The fourth-order valence-electron chi connectivity index (χ4n) is 9.51. The van der Waals surface area contributed by atoms with Crippen LogP contribution in [-0.4, -0.2) is 110 Å². The van der Waals surface area contributed by atoms with Crippen LogP contribution in [0.4, 0.5) is 0 Å². The van der Waals surface area contributed by atoms with E-state index in [1.54, 1.807) is 0 Å². The van der Waals surface area contributed by atoms with E-state index in [2.05, 4.69) is 55.6 Å². The van der Waals surface area contributed by atoms with Gasteiger partial charge in [-0.15, -0.1) is 0 Å². The molecule has 1 aliphatic rings. The van der Waals surface area contributed by atoms with E-state index in [0.29, 0.717) is 19.3 Å². The Bertz CT molecular complexity index is 1250. The Kier molecular flexibility index (Phi) is 46.7. The number of unbranched alkanes of at least 4 members (excludes halogenated alkanes) is 33. The molecule has 0 bridgehead atoms. The molecule has 0 aliphatic carbocycles. The van der Waals surface area contributed by atoms with Crippen molar-refractivity contribution in [3.63, 3.8) is 0 Å². The Morgan fingerprint density at radius 2 is 0.845 bits per heavy atom. The van der Waals surface area contributed by atoms with Crippen molar-refractivity contribution in [1.29, 1.82) is 0 Å². The average molecular weight is 1010 g/mol. The Hall–Kier alpha value is -1.67. The first-order valence-corrected chi connectivity index (χ1v) is 29.9. The van der Waals surface area contributed by atoms with Crippen molar-refractivity contribution >= 4 is 5.91 Å². The average Bonchev–Trinajstić information content (AvgIpc) is 3.37. The molecule has 1 fully saturated rings. The van der Waals surface area contributed by atoms with E-state index in [4.69, 9.17) is 9.47 Å². The fraction of sp³-hybridized carbons (Fsp3) is 0.883. The first-order chi connectivity index (χ1) is 34.7. The Balaban J connectivity index is 2.32. The van der Waals surface area contributed by atoms with Crippen LogP contribution in [0.2, 0.25) is 0 Å². The van der Waals surface area contributed by atoms with Crippen molar-refractivity contribution in [2.75, 3.05) is 13.2 Å². The normalized spacial score (nSPS) is 20.4. The van der Waals surface area contributed by atoms with Gasteiger partial charge < -0.3 is 50.5 Å². The molecule has 0 radical (unpaired) electrons. The van der Waals surface area contributed by atoms with Gasteiger partial charge in [-0.2, -0.15) is 0 Å². The molecule has 71 heavy (non-hydrogen) atoms. The van der Waals surface area contributed by atoms with Gasteiger partial charge in [-0.3, -0.25) is 4.79 Å². The third kappa shape index (κ3) is 37.7. The summed E-state index contributed by atoms with van der Waals surface area (Å²) in [5, 5.41) is 76.1. The fourth-order valence-corrected chi connectivity index (χ4v) is 9.51. The standard InChI is InChI=1S/C60H113NO10/c1-3-5-7-9-11-13-15-17-19-21-23-24-25-26-27-28-30-32-34-36-38-40-42-44-46-48-53(64)59(69)61-51(50-70-60-58(68)57(67)56(66)54(49-62)71-60)55(65)52(63)47-45-43-41-39-37-35-33-31-29-22-20-18-16-14-12-10-8-6-4-2/h26-27,31,33,39,41,51-58,60,62-68H,3-25,28-30,32,34-38,40,42-50H2,1-2H3,(H,61,69)/b27-26-,33-31+,41-39+. The molecule has 11 nitrogen and oxygen atoms in total. The third-order valence-corrected chi connectivity index (χ3v) is 14.4. The maximum atomic E-state index is 13.2. The van der Waals surface area contributed by atoms with E-state index in [-0.39, 0.29) is 12.8 Å². The monoisotopic (exact) mass is 1010 g/mol. The lowest BCUT2D eigenvalue weighted by Gasteiger charge is -2.40. The van der Waals surface area contributed by atoms with Crippen LogP contribution >= 0.6 is 0 Å². The molecule has 1 amide bonds. The number of hydrogen-bond acceptors (Lipinski definition) is 10. The first-order valence-electron chi connectivity index (χ1n) is 29.9. The largest absolute Gasteiger partial charge is 0.394 e. The van der Waals surface area contributed by atoms with Gasteiger partial charge in [0.15, 0.2) is 6.29 Å². The molecule has 0 aromatic rings. The van der Waals surface area contributed by atoms with E-state index >= 15 is 0 Å². The summed E-state index contributed by atoms with van der Waals surface area (Å²) in [6, 6.07) is -1.19. The molecule has 9 unspecified atom stereocenters. The first kappa shape index (κ1) is 67.3. The topological polar surface area (TPSA) is 189 Å². The molecule has 0 spiro atoms. The summed E-state index contributed by atoms with van der Waals surface area (Å²) >= 11 is 0. The minimum Gasteiger partial charge on any atom is -0.394 e. The van der Waals surface area contributed by atoms with Crippen LogP contribution in [0.3, 0.4) is 0 Å². The number of rotatable bonds is 51.